The van der Waals surface area contributed by atoms with Crippen molar-refractivity contribution in [3.63, 3.8) is 0 Å². The Morgan fingerprint density at radius 1 is 0.891 bits per heavy atom. The lowest BCUT2D eigenvalue weighted by atomic mass is 10.0. The number of methoxy groups -OCH3 is 3. The number of hydrogen-bond donors (Lipinski definition) is 1. The van der Waals surface area contributed by atoms with Gasteiger partial charge in [0.15, 0.2) is 38.1 Å². The molecule has 0 saturated heterocycles. The van der Waals surface area contributed by atoms with Crippen LogP contribution in [0.15, 0.2) is 120 Å². The molecule has 12 nitrogen and oxygen atoms in total. The molecule has 6 rings (SSSR count). The summed E-state index contributed by atoms with van der Waals surface area (Å²) in [5.74, 6) is 1.52. The van der Waals surface area contributed by atoms with Crippen molar-refractivity contribution in [2.75, 3.05) is 38.7 Å². The van der Waals surface area contributed by atoms with Crippen LogP contribution >= 0.6 is 11.8 Å². The molecule has 0 aliphatic carbocycles. The number of ketones is 1. The van der Waals surface area contributed by atoms with Crippen molar-refractivity contribution in [2.45, 2.75) is 16.6 Å². The number of sulfone groups is 1. The van der Waals surface area contributed by atoms with Crippen molar-refractivity contribution in [3.8, 4) is 39.9 Å². The van der Waals surface area contributed by atoms with Crippen LogP contribution in [0.25, 0.3) is 39.6 Å². The molecule has 0 atom stereocenters. The van der Waals surface area contributed by atoms with Crippen LogP contribution in [0.2, 0.25) is 0 Å². The number of amides is 1. The predicted molar refractivity (Wildman–Crippen MR) is 215 cm³/mol. The molecule has 0 bridgehead atoms. The lowest BCUT2D eigenvalue weighted by molar-refractivity contribution is -0.113. The Hall–Kier alpha value is -6.25. The van der Waals surface area contributed by atoms with Crippen molar-refractivity contribution in [1.82, 2.24) is 19.7 Å². The van der Waals surface area contributed by atoms with E-state index in [9.17, 15) is 18.0 Å². The Labute approximate surface area is 322 Å². The first kappa shape index (κ1) is 38.5. The zero-order valence-corrected chi connectivity index (χ0v) is 32.1. The number of para-hydroxylation sites is 1. The Bertz CT molecular complexity index is 2510. The SMILES string of the molecule is C=CCn1c(SCC(=O)Nc2ccc(C(=O)/C=C/c3cc(OC)c(OC)c(OC)c3)cc2)nnc1-c1cc(-c2ccc(S(C)(=O)=O)cc2)nc2ccccc12. The first-order valence-corrected chi connectivity index (χ1v) is 19.7. The summed E-state index contributed by atoms with van der Waals surface area (Å²) < 4.78 is 42.1. The molecular formula is C41H37N5O7S2. The highest BCUT2D eigenvalue weighted by Gasteiger charge is 2.20. The van der Waals surface area contributed by atoms with Crippen LogP contribution in [0.5, 0.6) is 17.2 Å². The molecule has 0 spiro atoms. The van der Waals surface area contributed by atoms with E-state index in [1.807, 2.05) is 34.9 Å². The Balaban J connectivity index is 1.15. The quantitative estimate of drug-likeness (QED) is 0.0481. The van der Waals surface area contributed by atoms with Gasteiger partial charge in [0.1, 0.15) is 0 Å². The molecule has 2 heterocycles. The fourth-order valence-electron chi connectivity index (χ4n) is 5.78. The Morgan fingerprint density at radius 3 is 2.22 bits per heavy atom. The van der Waals surface area contributed by atoms with Crippen LogP contribution < -0.4 is 19.5 Å². The molecule has 0 aliphatic heterocycles. The van der Waals surface area contributed by atoms with Gasteiger partial charge in [-0.2, -0.15) is 0 Å². The fraction of sp³-hybridized carbons (Fsp3) is 0.146. The number of aromatic nitrogens is 4. The van der Waals surface area contributed by atoms with Gasteiger partial charge >= 0.3 is 0 Å². The van der Waals surface area contributed by atoms with Gasteiger partial charge in [-0.25, -0.2) is 13.4 Å². The van der Waals surface area contributed by atoms with E-state index < -0.39 is 9.84 Å². The molecule has 14 heteroatoms. The summed E-state index contributed by atoms with van der Waals surface area (Å²) in [6.45, 7) is 4.30. The van der Waals surface area contributed by atoms with Gasteiger partial charge in [-0.3, -0.25) is 14.2 Å². The average Bonchev–Trinajstić information content (AvgIpc) is 3.60. The number of anilines is 1. The van der Waals surface area contributed by atoms with E-state index in [1.54, 1.807) is 72.8 Å². The molecule has 55 heavy (non-hydrogen) atoms. The maximum atomic E-state index is 13.1. The number of rotatable bonds is 15. The number of allylic oxidation sites excluding steroid dienone is 2. The number of thioether (sulfide) groups is 1. The summed E-state index contributed by atoms with van der Waals surface area (Å²) in [5, 5.41) is 13.2. The third kappa shape index (κ3) is 8.77. The number of benzene rings is 4. The number of nitrogens with one attached hydrogen (secondary N) is 1. The largest absolute Gasteiger partial charge is 0.493 e. The zero-order valence-electron chi connectivity index (χ0n) is 30.5. The third-order valence-electron chi connectivity index (χ3n) is 8.46. The number of carbonyl (C=O) groups is 2. The summed E-state index contributed by atoms with van der Waals surface area (Å²) in [5.41, 5.74) is 4.54. The average molecular weight is 776 g/mol. The standard InChI is InChI=1S/C41H37N5O7S2/c1-6-21-46-40(32-24-34(43-33-10-8-7-9-31(32)33)27-14-18-30(19-15-27)55(5,49)50)44-45-41(46)54-25-38(48)42-29-16-12-28(13-17-29)35(47)20-11-26-22-36(51-2)39(53-4)37(23-26)52-3/h6-20,22-24H,1,21,25H2,2-5H3,(H,42,48)/b20-11+. The van der Waals surface area contributed by atoms with Gasteiger partial charge in [0.05, 0.1) is 43.2 Å². The van der Waals surface area contributed by atoms with E-state index in [-0.39, 0.29) is 22.3 Å². The monoisotopic (exact) mass is 775 g/mol. The van der Waals surface area contributed by atoms with Crippen molar-refractivity contribution >= 4 is 56.0 Å². The number of ether oxygens (including phenoxy) is 3. The van der Waals surface area contributed by atoms with Crippen LogP contribution in [0.1, 0.15) is 15.9 Å². The third-order valence-corrected chi connectivity index (χ3v) is 10.6. The maximum Gasteiger partial charge on any atom is 0.234 e. The van der Waals surface area contributed by atoms with Crippen LogP contribution in [0, 0.1) is 0 Å². The molecule has 0 fully saturated rings. The molecule has 0 radical (unpaired) electrons. The van der Waals surface area contributed by atoms with Gasteiger partial charge in [-0.15, -0.1) is 16.8 Å². The molecule has 280 valence electrons. The van der Waals surface area contributed by atoms with Gasteiger partial charge in [-0.05, 0) is 72.3 Å². The van der Waals surface area contributed by atoms with Crippen LogP contribution in [0.3, 0.4) is 0 Å². The molecule has 2 aromatic heterocycles. The molecular weight excluding hydrogens is 739 g/mol. The number of fused-ring (bicyclic) bond motifs is 1. The second-order valence-corrected chi connectivity index (χ2v) is 15.1. The van der Waals surface area contributed by atoms with E-state index in [4.69, 9.17) is 19.2 Å². The summed E-state index contributed by atoms with van der Waals surface area (Å²) in [6.07, 6.45) is 6.01. The number of pyridine rings is 1. The van der Waals surface area contributed by atoms with E-state index in [2.05, 4.69) is 22.1 Å². The summed E-state index contributed by atoms with van der Waals surface area (Å²) >= 11 is 1.23. The molecule has 6 aromatic rings. The van der Waals surface area contributed by atoms with Crippen molar-refractivity contribution in [3.05, 3.63) is 121 Å². The minimum absolute atomic E-state index is 0.0442. The second-order valence-electron chi connectivity index (χ2n) is 12.1. The van der Waals surface area contributed by atoms with Gasteiger partial charge in [0, 0.05) is 40.6 Å². The molecule has 0 aliphatic rings. The van der Waals surface area contributed by atoms with Gasteiger partial charge in [-0.1, -0.05) is 54.2 Å². The predicted octanol–water partition coefficient (Wildman–Crippen LogP) is 7.40. The summed E-state index contributed by atoms with van der Waals surface area (Å²) in [4.78, 5) is 31.1. The first-order valence-electron chi connectivity index (χ1n) is 16.8. The molecule has 1 amide bonds. The molecule has 0 unspecified atom stereocenters. The summed E-state index contributed by atoms with van der Waals surface area (Å²) in [7, 11) is 1.22. The maximum absolute atomic E-state index is 13.1. The highest BCUT2D eigenvalue weighted by Crippen LogP contribution is 2.39. The minimum Gasteiger partial charge on any atom is -0.493 e. The highest BCUT2D eigenvalue weighted by atomic mass is 32.2. The molecule has 0 saturated carbocycles. The van der Waals surface area contributed by atoms with Gasteiger partial charge in [0.2, 0.25) is 11.7 Å². The normalized spacial score (nSPS) is 11.4. The first-order chi connectivity index (χ1) is 26.5. The topological polar surface area (TPSA) is 152 Å². The number of hydrogen-bond acceptors (Lipinski definition) is 11. The Kier molecular flexibility index (Phi) is 11.8. The Morgan fingerprint density at radius 2 is 1.58 bits per heavy atom. The highest BCUT2D eigenvalue weighted by molar-refractivity contribution is 7.99. The van der Waals surface area contributed by atoms with Crippen LogP contribution in [0.4, 0.5) is 5.69 Å². The lowest BCUT2D eigenvalue weighted by Gasteiger charge is -2.12. The fourth-order valence-corrected chi connectivity index (χ4v) is 7.16. The zero-order chi connectivity index (χ0) is 39.1. The van der Waals surface area contributed by atoms with Crippen molar-refractivity contribution in [1.29, 1.82) is 0 Å². The minimum atomic E-state index is -3.35. The van der Waals surface area contributed by atoms with E-state index in [1.165, 1.54) is 45.4 Å². The number of nitrogens with zero attached hydrogens (tertiary/aromatic N) is 4. The van der Waals surface area contributed by atoms with E-state index in [0.29, 0.717) is 57.3 Å². The lowest BCUT2D eigenvalue weighted by Crippen LogP contribution is -2.14. The van der Waals surface area contributed by atoms with Crippen LogP contribution in [-0.2, 0) is 21.2 Å². The van der Waals surface area contributed by atoms with Crippen LogP contribution in [-0.4, -0.2) is 73.2 Å². The number of carbonyl (C=O) groups excluding carboxylic acids is 2. The molecule has 4 aromatic carbocycles. The van der Waals surface area contributed by atoms with Gasteiger partial charge in [0.25, 0.3) is 0 Å². The van der Waals surface area contributed by atoms with Crippen molar-refractivity contribution < 1.29 is 32.2 Å². The van der Waals surface area contributed by atoms with Gasteiger partial charge < -0.3 is 19.5 Å². The van der Waals surface area contributed by atoms with E-state index in [0.717, 1.165) is 22.0 Å². The van der Waals surface area contributed by atoms with Crippen molar-refractivity contribution in [2.24, 2.45) is 0 Å². The van der Waals surface area contributed by atoms with E-state index >= 15 is 0 Å². The smallest absolute Gasteiger partial charge is 0.234 e. The molecule has 1 N–H and O–H groups in total. The summed E-state index contributed by atoms with van der Waals surface area (Å²) in [6, 6.07) is 26.3. The second kappa shape index (κ2) is 16.8.